The van der Waals surface area contributed by atoms with Crippen molar-refractivity contribution in [3.63, 3.8) is 0 Å². The molecule has 0 aliphatic carbocycles. The summed E-state index contributed by atoms with van der Waals surface area (Å²) in [7, 11) is 0. The fourth-order valence-electron chi connectivity index (χ4n) is 2.58. The highest BCUT2D eigenvalue weighted by Crippen LogP contribution is 2.21. The Bertz CT molecular complexity index is 815. The molecule has 0 aliphatic heterocycles. The van der Waals surface area contributed by atoms with E-state index in [1.165, 1.54) is 18.4 Å². The predicted molar refractivity (Wildman–Crippen MR) is 94.0 cm³/mol. The van der Waals surface area contributed by atoms with Crippen LogP contribution in [0.2, 0.25) is 0 Å². The highest BCUT2D eigenvalue weighted by Gasteiger charge is 2.12. The number of amides is 1. The molecule has 2 aromatic carbocycles. The average Bonchev–Trinajstić information content (AvgIpc) is 2.97. The zero-order valence-electron chi connectivity index (χ0n) is 13.6. The van der Waals surface area contributed by atoms with E-state index >= 15 is 0 Å². The largest absolute Gasteiger partial charge is 0.451 e. The van der Waals surface area contributed by atoms with Crippen LogP contribution in [0.5, 0.6) is 0 Å². The molecule has 23 heavy (non-hydrogen) atoms. The predicted octanol–water partition coefficient (Wildman–Crippen LogP) is 5.34. The highest BCUT2D eigenvalue weighted by atomic mass is 16.3. The first kappa shape index (κ1) is 15.3. The third-order valence-electron chi connectivity index (χ3n) is 3.93. The van der Waals surface area contributed by atoms with E-state index in [0.717, 1.165) is 28.6 Å². The van der Waals surface area contributed by atoms with Crippen LogP contribution >= 0.6 is 0 Å². The Morgan fingerprint density at radius 1 is 1.09 bits per heavy atom. The van der Waals surface area contributed by atoms with Crippen LogP contribution in [0.3, 0.4) is 0 Å². The smallest absolute Gasteiger partial charge is 0.291 e. The van der Waals surface area contributed by atoms with Gasteiger partial charge in [-0.25, -0.2) is 0 Å². The molecule has 0 atom stereocenters. The number of hydrogen-bond acceptors (Lipinski definition) is 2. The van der Waals surface area contributed by atoms with Crippen molar-refractivity contribution >= 4 is 22.6 Å². The Labute approximate surface area is 136 Å². The number of fused-ring (bicyclic) bond motifs is 1. The first-order valence-electron chi connectivity index (χ1n) is 8.06. The maximum atomic E-state index is 12.3. The van der Waals surface area contributed by atoms with E-state index < -0.39 is 0 Å². The summed E-state index contributed by atoms with van der Waals surface area (Å²) in [4.78, 5) is 12.3. The van der Waals surface area contributed by atoms with Gasteiger partial charge in [-0.2, -0.15) is 0 Å². The van der Waals surface area contributed by atoms with Gasteiger partial charge in [-0.05, 0) is 55.2 Å². The monoisotopic (exact) mass is 307 g/mol. The number of rotatable bonds is 5. The summed E-state index contributed by atoms with van der Waals surface area (Å²) in [6.07, 6.45) is 3.45. The standard InChI is InChI=1S/C20H21NO2/c1-3-4-5-15-7-10-17(11-8-15)21-20(22)19-13-16-9-6-14(2)12-18(16)23-19/h6-13H,3-5H2,1-2H3,(H,21,22). The lowest BCUT2D eigenvalue weighted by atomic mass is 10.1. The summed E-state index contributed by atoms with van der Waals surface area (Å²) in [5.74, 6) is 0.112. The van der Waals surface area contributed by atoms with Gasteiger partial charge >= 0.3 is 0 Å². The van der Waals surface area contributed by atoms with E-state index in [0.29, 0.717) is 5.76 Å². The molecule has 3 aromatic rings. The molecule has 0 fully saturated rings. The van der Waals surface area contributed by atoms with E-state index in [4.69, 9.17) is 4.42 Å². The van der Waals surface area contributed by atoms with E-state index in [9.17, 15) is 4.79 Å². The number of carbonyl (C=O) groups excluding carboxylic acids is 1. The quantitative estimate of drug-likeness (QED) is 0.691. The number of nitrogens with one attached hydrogen (secondary N) is 1. The van der Waals surface area contributed by atoms with Gasteiger partial charge in [0.15, 0.2) is 5.76 Å². The number of furan rings is 1. The van der Waals surface area contributed by atoms with Crippen LogP contribution in [-0.2, 0) is 6.42 Å². The summed E-state index contributed by atoms with van der Waals surface area (Å²) in [5, 5.41) is 3.82. The fourth-order valence-corrected chi connectivity index (χ4v) is 2.58. The maximum Gasteiger partial charge on any atom is 0.291 e. The number of hydrogen-bond donors (Lipinski definition) is 1. The fraction of sp³-hybridized carbons (Fsp3) is 0.250. The molecule has 1 amide bonds. The third kappa shape index (κ3) is 3.62. The van der Waals surface area contributed by atoms with Crippen molar-refractivity contribution in [2.45, 2.75) is 33.1 Å². The molecule has 0 unspecified atom stereocenters. The Hall–Kier alpha value is -2.55. The summed E-state index contributed by atoms with van der Waals surface area (Å²) in [6.45, 7) is 4.19. The lowest BCUT2D eigenvalue weighted by Gasteiger charge is -2.05. The second kappa shape index (κ2) is 6.69. The minimum absolute atomic E-state index is 0.222. The van der Waals surface area contributed by atoms with Crippen LogP contribution in [-0.4, -0.2) is 5.91 Å². The van der Waals surface area contributed by atoms with Crippen LogP contribution in [0.15, 0.2) is 52.9 Å². The molecule has 1 heterocycles. The normalized spacial score (nSPS) is 10.9. The van der Waals surface area contributed by atoms with Crippen LogP contribution in [0, 0.1) is 6.92 Å². The molecule has 1 N–H and O–H groups in total. The summed E-state index contributed by atoms with van der Waals surface area (Å²) in [5.41, 5.74) is 3.93. The van der Waals surface area contributed by atoms with Crippen LogP contribution < -0.4 is 5.32 Å². The van der Waals surface area contributed by atoms with Gasteiger partial charge in [0.2, 0.25) is 0 Å². The molecule has 118 valence electrons. The number of carbonyl (C=O) groups is 1. The Kier molecular flexibility index (Phi) is 4.47. The Morgan fingerprint density at radius 2 is 1.87 bits per heavy atom. The van der Waals surface area contributed by atoms with Crippen molar-refractivity contribution in [3.8, 4) is 0 Å². The molecule has 1 aromatic heterocycles. The zero-order chi connectivity index (χ0) is 16.2. The van der Waals surface area contributed by atoms with Gasteiger partial charge in [0.1, 0.15) is 5.58 Å². The van der Waals surface area contributed by atoms with Crippen molar-refractivity contribution in [3.05, 3.63) is 65.4 Å². The highest BCUT2D eigenvalue weighted by molar-refractivity contribution is 6.04. The molecule has 0 radical (unpaired) electrons. The molecule has 0 bridgehead atoms. The Morgan fingerprint density at radius 3 is 2.61 bits per heavy atom. The lowest BCUT2D eigenvalue weighted by molar-refractivity contribution is 0.0998. The SMILES string of the molecule is CCCCc1ccc(NC(=O)c2cc3ccc(C)cc3o2)cc1. The lowest BCUT2D eigenvalue weighted by Crippen LogP contribution is -2.10. The summed E-state index contributed by atoms with van der Waals surface area (Å²) >= 11 is 0. The van der Waals surface area contributed by atoms with Gasteiger partial charge in [-0.15, -0.1) is 0 Å². The van der Waals surface area contributed by atoms with Crippen molar-refractivity contribution < 1.29 is 9.21 Å². The van der Waals surface area contributed by atoms with Gasteiger partial charge < -0.3 is 9.73 Å². The second-order valence-corrected chi connectivity index (χ2v) is 5.91. The van der Waals surface area contributed by atoms with Crippen LogP contribution in [0.4, 0.5) is 5.69 Å². The van der Waals surface area contributed by atoms with E-state index in [1.54, 1.807) is 6.07 Å². The zero-order valence-corrected chi connectivity index (χ0v) is 13.6. The molecule has 3 rings (SSSR count). The molecule has 3 nitrogen and oxygen atoms in total. The molecule has 0 aliphatic rings. The molecule has 0 saturated carbocycles. The summed E-state index contributed by atoms with van der Waals surface area (Å²) < 4.78 is 5.65. The van der Waals surface area contributed by atoms with Gasteiger partial charge in [0.25, 0.3) is 5.91 Å². The van der Waals surface area contributed by atoms with Crippen LogP contribution in [0.1, 0.15) is 41.4 Å². The minimum atomic E-state index is -0.222. The van der Waals surface area contributed by atoms with Gasteiger partial charge in [0, 0.05) is 11.1 Å². The van der Waals surface area contributed by atoms with Crippen molar-refractivity contribution in [2.24, 2.45) is 0 Å². The van der Waals surface area contributed by atoms with Gasteiger partial charge in [-0.1, -0.05) is 37.6 Å². The van der Waals surface area contributed by atoms with Crippen molar-refractivity contribution in [1.82, 2.24) is 0 Å². The molecule has 3 heteroatoms. The maximum absolute atomic E-state index is 12.3. The molecule has 0 saturated heterocycles. The minimum Gasteiger partial charge on any atom is -0.451 e. The van der Waals surface area contributed by atoms with E-state index in [-0.39, 0.29) is 5.91 Å². The van der Waals surface area contributed by atoms with E-state index in [1.807, 2.05) is 37.3 Å². The molecular weight excluding hydrogens is 286 g/mol. The average molecular weight is 307 g/mol. The summed E-state index contributed by atoms with van der Waals surface area (Å²) in [6, 6.07) is 15.7. The van der Waals surface area contributed by atoms with Crippen LogP contribution in [0.25, 0.3) is 11.0 Å². The second-order valence-electron chi connectivity index (χ2n) is 5.91. The number of unbranched alkanes of at least 4 members (excludes halogenated alkanes) is 1. The van der Waals surface area contributed by atoms with Crippen molar-refractivity contribution in [2.75, 3.05) is 5.32 Å². The number of benzene rings is 2. The third-order valence-corrected chi connectivity index (χ3v) is 3.93. The van der Waals surface area contributed by atoms with Gasteiger partial charge in [0.05, 0.1) is 0 Å². The molecular formula is C20H21NO2. The topological polar surface area (TPSA) is 42.2 Å². The first-order valence-corrected chi connectivity index (χ1v) is 8.06. The van der Waals surface area contributed by atoms with Crippen molar-refractivity contribution in [1.29, 1.82) is 0 Å². The van der Waals surface area contributed by atoms with E-state index in [2.05, 4.69) is 24.4 Å². The van der Waals surface area contributed by atoms with Gasteiger partial charge in [-0.3, -0.25) is 4.79 Å². The molecule has 0 spiro atoms. The number of anilines is 1. The number of aryl methyl sites for hydroxylation is 2. The Balaban J connectivity index is 1.72. The first-order chi connectivity index (χ1) is 11.2.